The van der Waals surface area contributed by atoms with Crippen LogP contribution in [0.3, 0.4) is 0 Å². The molecule has 10 nitrogen and oxygen atoms in total. The molecule has 1 saturated carbocycles. The summed E-state index contributed by atoms with van der Waals surface area (Å²) >= 11 is 0. The smallest absolute Gasteiger partial charge is 0.289 e. The molecular weight excluding hydrogens is 560 g/mol. The van der Waals surface area contributed by atoms with Crippen molar-refractivity contribution >= 4 is 40.2 Å². The fourth-order valence-corrected chi connectivity index (χ4v) is 6.33. The maximum absolute atomic E-state index is 14.1. The Labute approximate surface area is 259 Å². The predicted molar refractivity (Wildman–Crippen MR) is 168 cm³/mol. The van der Waals surface area contributed by atoms with Crippen LogP contribution in [0.2, 0.25) is 0 Å². The van der Waals surface area contributed by atoms with E-state index in [1.165, 1.54) is 13.5 Å². The number of carbonyl (C=O) groups excluding carboxylic acids is 5. The molecule has 1 heterocycles. The number of hydrogen-bond acceptors (Lipinski definition) is 6. The van der Waals surface area contributed by atoms with Crippen LogP contribution < -0.4 is 16.0 Å². The average Bonchev–Trinajstić information content (AvgIpc) is 3.53. The maximum atomic E-state index is 14.1. The normalized spacial score (nSPS) is 18.5. The lowest BCUT2D eigenvalue weighted by Gasteiger charge is -2.32. The van der Waals surface area contributed by atoms with Gasteiger partial charge in [0.2, 0.25) is 17.6 Å². The summed E-state index contributed by atoms with van der Waals surface area (Å²) in [4.78, 5) is 68.0. The molecule has 0 spiro atoms. The Balaban J connectivity index is 1.49. The van der Waals surface area contributed by atoms with Crippen molar-refractivity contribution in [2.75, 3.05) is 26.8 Å². The molecule has 2 aromatic carbocycles. The first-order valence-corrected chi connectivity index (χ1v) is 15.9. The van der Waals surface area contributed by atoms with Crippen molar-refractivity contribution in [1.82, 2.24) is 20.9 Å². The molecule has 3 N–H and O–H groups in total. The molecule has 1 aliphatic carbocycles. The van der Waals surface area contributed by atoms with Gasteiger partial charge in [-0.15, -0.1) is 0 Å². The van der Waals surface area contributed by atoms with Crippen LogP contribution in [0.1, 0.15) is 75.6 Å². The molecule has 2 unspecified atom stereocenters. The highest BCUT2D eigenvalue weighted by Crippen LogP contribution is 2.29. The molecule has 0 aromatic heterocycles. The summed E-state index contributed by atoms with van der Waals surface area (Å²) in [5.74, 6) is -2.64. The van der Waals surface area contributed by atoms with Gasteiger partial charge >= 0.3 is 0 Å². The van der Waals surface area contributed by atoms with E-state index >= 15 is 0 Å². The van der Waals surface area contributed by atoms with Gasteiger partial charge in [-0.25, -0.2) is 0 Å². The van der Waals surface area contributed by atoms with Crippen LogP contribution in [0.5, 0.6) is 0 Å². The van der Waals surface area contributed by atoms with Gasteiger partial charge in [-0.1, -0.05) is 76.3 Å². The number of ketones is 1. The van der Waals surface area contributed by atoms with Crippen LogP contribution >= 0.6 is 0 Å². The number of nitrogens with zero attached hydrogens (tertiary/aromatic N) is 1. The van der Waals surface area contributed by atoms with Gasteiger partial charge in [-0.2, -0.15) is 0 Å². The molecule has 0 radical (unpaired) electrons. The Morgan fingerprint density at radius 1 is 0.909 bits per heavy atom. The quantitative estimate of drug-likeness (QED) is 0.237. The number of hydrogen-bond donors (Lipinski definition) is 3. The van der Waals surface area contributed by atoms with Crippen molar-refractivity contribution in [2.24, 2.45) is 11.8 Å². The minimum atomic E-state index is -1.03. The lowest BCUT2D eigenvalue weighted by atomic mass is 9.84. The second kappa shape index (κ2) is 15.8. The summed E-state index contributed by atoms with van der Waals surface area (Å²) in [6, 6.07) is 10.7. The Kier molecular flexibility index (Phi) is 11.9. The van der Waals surface area contributed by atoms with Crippen molar-refractivity contribution in [1.29, 1.82) is 0 Å². The molecule has 0 bridgehead atoms. The predicted octanol–water partition coefficient (Wildman–Crippen LogP) is 3.37. The molecule has 2 aromatic rings. The minimum absolute atomic E-state index is 0.179. The topological polar surface area (TPSA) is 134 Å². The van der Waals surface area contributed by atoms with Crippen LogP contribution in [-0.2, 0) is 23.9 Å². The molecule has 4 rings (SSSR count). The Morgan fingerprint density at radius 3 is 2.34 bits per heavy atom. The number of benzene rings is 2. The van der Waals surface area contributed by atoms with Gasteiger partial charge in [0.15, 0.2) is 0 Å². The third-order valence-corrected chi connectivity index (χ3v) is 8.81. The van der Waals surface area contributed by atoms with Crippen LogP contribution in [-0.4, -0.2) is 79.2 Å². The summed E-state index contributed by atoms with van der Waals surface area (Å²) < 4.78 is 4.92. The number of rotatable bonds is 13. The van der Waals surface area contributed by atoms with Crippen LogP contribution in [0.4, 0.5) is 0 Å². The largest absolute Gasteiger partial charge is 0.383 e. The number of amides is 4. The third-order valence-electron chi connectivity index (χ3n) is 8.81. The average molecular weight is 607 g/mol. The highest BCUT2D eigenvalue weighted by Gasteiger charge is 2.40. The summed E-state index contributed by atoms with van der Waals surface area (Å²) in [5, 5.41) is 10.3. The van der Waals surface area contributed by atoms with Crippen molar-refractivity contribution in [2.45, 2.75) is 83.3 Å². The highest BCUT2D eigenvalue weighted by atomic mass is 16.5. The van der Waals surface area contributed by atoms with E-state index in [4.69, 9.17) is 4.74 Å². The Morgan fingerprint density at radius 2 is 1.64 bits per heavy atom. The zero-order valence-electron chi connectivity index (χ0n) is 26.1. The van der Waals surface area contributed by atoms with Crippen molar-refractivity contribution in [3.63, 3.8) is 0 Å². The van der Waals surface area contributed by atoms with E-state index in [-0.39, 0.29) is 30.9 Å². The molecule has 2 aliphatic rings. The Hall–Kier alpha value is -3.79. The van der Waals surface area contributed by atoms with Crippen molar-refractivity contribution in [3.8, 4) is 0 Å². The minimum Gasteiger partial charge on any atom is -0.383 e. The fourth-order valence-electron chi connectivity index (χ4n) is 6.33. The summed E-state index contributed by atoms with van der Waals surface area (Å²) in [6.45, 7) is 4.33. The number of likely N-dealkylation sites (tertiary alicyclic amines) is 1. The first-order valence-electron chi connectivity index (χ1n) is 15.9. The molecule has 10 heteroatoms. The summed E-state index contributed by atoms with van der Waals surface area (Å²) in [7, 11) is 1.49. The fraction of sp³-hybridized carbons (Fsp3) is 0.559. The molecule has 4 amide bonds. The van der Waals surface area contributed by atoms with E-state index in [2.05, 4.69) is 16.0 Å². The zero-order valence-corrected chi connectivity index (χ0v) is 26.1. The van der Waals surface area contributed by atoms with Gasteiger partial charge in [0.1, 0.15) is 12.1 Å². The molecule has 44 heavy (non-hydrogen) atoms. The van der Waals surface area contributed by atoms with E-state index in [1.807, 2.05) is 36.4 Å². The summed E-state index contributed by atoms with van der Waals surface area (Å²) in [5.41, 5.74) is 0.475. The number of methoxy groups -OCH3 is 1. The van der Waals surface area contributed by atoms with Gasteiger partial charge in [-0.05, 0) is 54.0 Å². The number of fused-ring (bicyclic) bond motifs is 1. The maximum Gasteiger partial charge on any atom is 0.289 e. The van der Waals surface area contributed by atoms with Gasteiger partial charge < -0.3 is 25.6 Å². The zero-order chi connectivity index (χ0) is 31.6. The monoisotopic (exact) mass is 606 g/mol. The van der Waals surface area contributed by atoms with Crippen LogP contribution in [0.25, 0.3) is 10.8 Å². The second-order valence-corrected chi connectivity index (χ2v) is 12.4. The first-order chi connectivity index (χ1) is 21.2. The van der Waals surface area contributed by atoms with Gasteiger partial charge in [-0.3, -0.25) is 24.0 Å². The van der Waals surface area contributed by atoms with Crippen molar-refractivity contribution in [3.05, 3.63) is 48.0 Å². The standard InChI is InChI=1S/C34H46N4O6/c1-22(2)29(30(39)33(42)35-17-19-44-3)37-32(41)28-14-9-18-38(28)34(43)27(20-23-10-5-4-6-11-23)36-31(40)26-16-15-24-12-7-8-13-25(24)21-26/h7-8,12-13,15-16,21-23,27-29H,4-6,9-11,14,17-20H2,1-3H3,(H,35,42)(H,36,40)(H,37,41)/t27?,28-,29?/m0/s1. The Bertz CT molecular complexity index is 1340. The first kappa shape index (κ1) is 33.1. The highest BCUT2D eigenvalue weighted by molar-refractivity contribution is 6.38. The van der Waals surface area contributed by atoms with E-state index in [0.717, 1.165) is 36.5 Å². The van der Waals surface area contributed by atoms with Gasteiger partial charge in [0.25, 0.3) is 11.8 Å². The molecule has 2 fully saturated rings. The molecule has 1 saturated heterocycles. The third kappa shape index (κ3) is 8.43. The van der Waals surface area contributed by atoms with Crippen LogP contribution in [0.15, 0.2) is 42.5 Å². The molecule has 3 atom stereocenters. The molecule has 238 valence electrons. The lowest BCUT2D eigenvalue weighted by molar-refractivity contribution is -0.143. The molecular formula is C34H46N4O6. The summed E-state index contributed by atoms with van der Waals surface area (Å²) in [6.07, 6.45) is 6.95. The number of carbonyl (C=O) groups is 5. The van der Waals surface area contributed by atoms with Gasteiger partial charge in [0, 0.05) is 25.8 Å². The van der Waals surface area contributed by atoms with E-state index in [9.17, 15) is 24.0 Å². The number of Topliss-reactive ketones (excluding diaryl/α,β-unsaturated/α-hetero) is 1. The van der Waals surface area contributed by atoms with Gasteiger partial charge in [0.05, 0.1) is 12.6 Å². The van der Waals surface area contributed by atoms with E-state index in [1.54, 1.807) is 24.8 Å². The number of ether oxygens (including phenoxy) is 1. The SMILES string of the molecule is COCCNC(=O)C(=O)C(NC(=O)[C@@H]1CCCN1C(=O)C(CC1CCCCC1)NC(=O)c1ccc2ccccc2c1)C(C)C. The lowest BCUT2D eigenvalue weighted by Crippen LogP contribution is -2.57. The second-order valence-electron chi connectivity index (χ2n) is 12.4. The molecule has 1 aliphatic heterocycles. The number of nitrogens with one attached hydrogen (secondary N) is 3. The van der Waals surface area contributed by atoms with Crippen LogP contribution in [0, 0.1) is 11.8 Å². The van der Waals surface area contributed by atoms with E-state index < -0.39 is 35.7 Å². The van der Waals surface area contributed by atoms with Crippen molar-refractivity contribution < 1.29 is 28.7 Å². The van der Waals surface area contributed by atoms with E-state index in [0.29, 0.717) is 37.3 Å².